The van der Waals surface area contributed by atoms with Crippen molar-refractivity contribution in [3.8, 4) is 0 Å². The SMILES string of the molecule is CC(C)(CNC(=O)C1CCCC(N)C1)c1ccccc1F.Cl. The van der Waals surface area contributed by atoms with Crippen LogP contribution in [0.15, 0.2) is 24.3 Å². The molecule has 5 heteroatoms. The first-order chi connectivity index (χ1) is 9.90. The van der Waals surface area contributed by atoms with Gasteiger partial charge in [-0.1, -0.05) is 38.5 Å². The molecule has 2 atom stereocenters. The van der Waals surface area contributed by atoms with Crippen LogP contribution in [0.2, 0.25) is 0 Å². The van der Waals surface area contributed by atoms with Gasteiger partial charge in [0.1, 0.15) is 5.82 Å². The average molecular weight is 329 g/mol. The Hall–Kier alpha value is -1.13. The van der Waals surface area contributed by atoms with Gasteiger partial charge >= 0.3 is 0 Å². The van der Waals surface area contributed by atoms with Crippen LogP contribution in [-0.2, 0) is 10.2 Å². The Balaban J connectivity index is 0.00000242. The van der Waals surface area contributed by atoms with Crippen molar-refractivity contribution in [1.29, 1.82) is 0 Å². The molecule has 0 radical (unpaired) electrons. The Kier molecular flexibility index (Phi) is 6.82. The lowest BCUT2D eigenvalue weighted by Gasteiger charge is -2.29. The van der Waals surface area contributed by atoms with E-state index in [0.29, 0.717) is 12.1 Å². The molecule has 1 amide bonds. The summed E-state index contributed by atoms with van der Waals surface area (Å²) in [6, 6.07) is 6.87. The summed E-state index contributed by atoms with van der Waals surface area (Å²) in [7, 11) is 0. The molecular weight excluding hydrogens is 303 g/mol. The van der Waals surface area contributed by atoms with Gasteiger partial charge in [-0.2, -0.15) is 0 Å². The van der Waals surface area contributed by atoms with Crippen LogP contribution in [0.3, 0.4) is 0 Å². The lowest BCUT2D eigenvalue weighted by molar-refractivity contribution is -0.126. The fourth-order valence-electron chi connectivity index (χ4n) is 3.02. The van der Waals surface area contributed by atoms with Gasteiger partial charge < -0.3 is 11.1 Å². The summed E-state index contributed by atoms with van der Waals surface area (Å²) in [6.45, 7) is 4.31. The Bertz CT molecular complexity index is 507. The van der Waals surface area contributed by atoms with Crippen LogP contribution < -0.4 is 11.1 Å². The molecule has 0 heterocycles. The fourth-order valence-corrected chi connectivity index (χ4v) is 3.02. The second-order valence-electron chi connectivity index (χ2n) is 6.71. The normalized spacial score (nSPS) is 21.8. The van der Waals surface area contributed by atoms with Crippen molar-refractivity contribution in [3.63, 3.8) is 0 Å². The Morgan fingerprint density at radius 1 is 1.36 bits per heavy atom. The van der Waals surface area contributed by atoms with E-state index in [4.69, 9.17) is 5.73 Å². The third-order valence-electron chi connectivity index (χ3n) is 4.39. The second-order valence-corrected chi connectivity index (χ2v) is 6.71. The van der Waals surface area contributed by atoms with Gasteiger partial charge in [0.2, 0.25) is 5.91 Å². The number of hydrogen-bond acceptors (Lipinski definition) is 2. The van der Waals surface area contributed by atoms with E-state index in [1.54, 1.807) is 12.1 Å². The van der Waals surface area contributed by atoms with Gasteiger partial charge in [-0.05, 0) is 30.9 Å². The monoisotopic (exact) mass is 328 g/mol. The number of carbonyl (C=O) groups excluding carboxylic acids is 1. The van der Waals surface area contributed by atoms with Crippen LogP contribution in [-0.4, -0.2) is 18.5 Å². The predicted octanol–water partition coefficient (Wildman–Crippen LogP) is 3.16. The van der Waals surface area contributed by atoms with Gasteiger partial charge in [0, 0.05) is 23.9 Å². The lowest BCUT2D eigenvalue weighted by atomic mass is 9.83. The number of carbonyl (C=O) groups is 1. The summed E-state index contributed by atoms with van der Waals surface area (Å²) < 4.78 is 13.9. The average Bonchev–Trinajstić information content (AvgIpc) is 2.45. The van der Waals surface area contributed by atoms with E-state index in [1.165, 1.54) is 6.07 Å². The van der Waals surface area contributed by atoms with E-state index in [1.807, 2.05) is 19.9 Å². The smallest absolute Gasteiger partial charge is 0.223 e. The zero-order valence-corrected chi connectivity index (χ0v) is 14.1. The van der Waals surface area contributed by atoms with Crippen molar-refractivity contribution in [3.05, 3.63) is 35.6 Å². The molecule has 2 unspecified atom stereocenters. The molecule has 3 nitrogen and oxygen atoms in total. The zero-order valence-electron chi connectivity index (χ0n) is 13.3. The molecule has 22 heavy (non-hydrogen) atoms. The molecular formula is C17H26ClFN2O. The molecule has 1 aromatic carbocycles. The molecule has 1 fully saturated rings. The molecule has 1 aliphatic carbocycles. The van der Waals surface area contributed by atoms with Crippen LogP contribution >= 0.6 is 12.4 Å². The third-order valence-corrected chi connectivity index (χ3v) is 4.39. The zero-order chi connectivity index (χ0) is 15.5. The molecule has 1 aromatic rings. The minimum absolute atomic E-state index is 0. The summed E-state index contributed by atoms with van der Waals surface area (Å²) in [5.74, 6) is -0.170. The summed E-state index contributed by atoms with van der Waals surface area (Å²) in [5, 5.41) is 2.98. The van der Waals surface area contributed by atoms with Gasteiger partial charge in [-0.25, -0.2) is 4.39 Å². The van der Waals surface area contributed by atoms with Gasteiger partial charge in [0.25, 0.3) is 0 Å². The predicted molar refractivity (Wildman–Crippen MR) is 89.6 cm³/mol. The first-order valence-electron chi connectivity index (χ1n) is 7.68. The Morgan fingerprint density at radius 3 is 2.68 bits per heavy atom. The van der Waals surface area contributed by atoms with Crippen LogP contribution in [0.25, 0.3) is 0 Å². The number of benzene rings is 1. The van der Waals surface area contributed by atoms with E-state index in [9.17, 15) is 9.18 Å². The molecule has 0 aliphatic heterocycles. The van der Waals surface area contributed by atoms with Crippen molar-refractivity contribution < 1.29 is 9.18 Å². The van der Waals surface area contributed by atoms with Gasteiger partial charge in [-0.3, -0.25) is 4.79 Å². The quantitative estimate of drug-likeness (QED) is 0.892. The molecule has 1 aliphatic rings. The second kappa shape index (κ2) is 7.93. The van der Waals surface area contributed by atoms with E-state index >= 15 is 0 Å². The van der Waals surface area contributed by atoms with E-state index in [0.717, 1.165) is 25.7 Å². The highest BCUT2D eigenvalue weighted by Gasteiger charge is 2.28. The summed E-state index contributed by atoms with van der Waals surface area (Å²) in [5.41, 5.74) is 6.12. The van der Waals surface area contributed by atoms with Crippen LogP contribution in [0.5, 0.6) is 0 Å². The maximum absolute atomic E-state index is 13.9. The van der Waals surface area contributed by atoms with Crippen LogP contribution in [0.4, 0.5) is 4.39 Å². The van der Waals surface area contributed by atoms with Crippen LogP contribution in [0, 0.1) is 11.7 Å². The molecule has 0 bridgehead atoms. The molecule has 0 saturated heterocycles. The molecule has 124 valence electrons. The molecule has 3 N–H and O–H groups in total. The van der Waals surface area contributed by atoms with Crippen molar-refractivity contribution in [2.75, 3.05) is 6.54 Å². The summed E-state index contributed by atoms with van der Waals surface area (Å²) in [6.07, 6.45) is 3.67. The minimum atomic E-state index is -0.433. The minimum Gasteiger partial charge on any atom is -0.355 e. The first-order valence-corrected chi connectivity index (χ1v) is 7.68. The largest absolute Gasteiger partial charge is 0.355 e. The molecule has 0 aromatic heterocycles. The highest BCUT2D eigenvalue weighted by molar-refractivity contribution is 5.85. The summed E-state index contributed by atoms with van der Waals surface area (Å²) in [4.78, 5) is 12.2. The highest BCUT2D eigenvalue weighted by Crippen LogP contribution is 2.26. The standard InChI is InChI=1S/C17H25FN2O.ClH/c1-17(2,14-8-3-4-9-15(14)18)11-20-16(21)12-6-5-7-13(19)10-12;/h3-4,8-9,12-13H,5-7,10-11,19H2,1-2H3,(H,20,21);1H. The first kappa shape index (κ1) is 18.9. The lowest BCUT2D eigenvalue weighted by Crippen LogP contribution is -2.42. The van der Waals surface area contributed by atoms with Gasteiger partial charge in [0.05, 0.1) is 0 Å². The van der Waals surface area contributed by atoms with Crippen molar-refractivity contribution in [2.45, 2.75) is 51.0 Å². The number of nitrogens with one attached hydrogen (secondary N) is 1. The third kappa shape index (κ3) is 4.68. The fraction of sp³-hybridized carbons (Fsp3) is 0.588. The van der Waals surface area contributed by atoms with Crippen molar-refractivity contribution in [2.24, 2.45) is 11.7 Å². The van der Waals surface area contributed by atoms with Crippen LogP contribution in [0.1, 0.15) is 45.1 Å². The van der Waals surface area contributed by atoms with Gasteiger partial charge in [-0.15, -0.1) is 12.4 Å². The Labute approximate surface area is 138 Å². The number of hydrogen-bond donors (Lipinski definition) is 2. The Morgan fingerprint density at radius 2 is 2.05 bits per heavy atom. The van der Waals surface area contributed by atoms with Gasteiger partial charge in [0.15, 0.2) is 0 Å². The number of rotatable bonds is 4. The molecule has 1 saturated carbocycles. The van der Waals surface area contributed by atoms with Crippen molar-refractivity contribution in [1.82, 2.24) is 5.32 Å². The van der Waals surface area contributed by atoms with E-state index < -0.39 is 5.41 Å². The topological polar surface area (TPSA) is 55.1 Å². The number of halogens is 2. The summed E-state index contributed by atoms with van der Waals surface area (Å²) >= 11 is 0. The molecule has 2 rings (SSSR count). The maximum Gasteiger partial charge on any atom is 0.223 e. The van der Waals surface area contributed by atoms with E-state index in [2.05, 4.69) is 5.32 Å². The number of nitrogens with two attached hydrogens (primary N) is 1. The van der Waals surface area contributed by atoms with Crippen molar-refractivity contribution >= 4 is 18.3 Å². The highest BCUT2D eigenvalue weighted by atomic mass is 35.5. The number of amides is 1. The molecule has 0 spiro atoms. The van der Waals surface area contributed by atoms with E-state index in [-0.39, 0.29) is 36.1 Å². The maximum atomic E-state index is 13.9.